The number of halogens is 1. The second-order valence-electron chi connectivity index (χ2n) is 5.80. The van der Waals surface area contributed by atoms with Crippen LogP contribution in [0.2, 0.25) is 0 Å². The number of fused-ring (bicyclic) bond motifs is 1. The third-order valence-corrected chi connectivity index (χ3v) is 5.44. The Morgan fingerprint density at radius 1 is 1.11 bits per heavy atom. The third kappa shape index (κ3) is 2.06. The molecule has 4 heteroatoms. The first-order chi connectivity index (χ1) is 8.81. The van der Waals surface area contributed by atoms with Gasteiger partial charge in [-0.3, -0.25) is 0 Å². The number of thiazole rings is 1. The van der Waals surface area contributed by atoms with Crippen molar-refractivity contribution in [2.24, 2.45) is 0 Å². The highest BCUT2D eigenvalue weighted by Gasteiger charge is 2.46. The zero-order valence-electron chi connectivity index (χ0n) is 11.5. The third-order valence-electron chi connectivity index (χ3n) is 3.36. The topological polar surface area (TPSA) is 22.1 Å². The van der Waals surface area contributed by atoms with E-state index in [2.05, 4.69) is 55.8 Å². The minimum atomic E-state index is -0.311. The molecule has 0 saturated carbocycles. The van der Waals surface area contributed by atoms with Gasteiger partial charge in [0, 0.05) is 10.0 Å². The van der Waals surface area contributed by atoms with Gasteiger partial charge in [-0.25, -0.2) is 4.98 Å². The fourth-order valence-corrected chi connectivity index (χ4v) is 4.52. The molecule has 0 aliphatic carbocycles. The van der Waals surface area contributed by atoms with Gasteiger partial charge in [0.05, 0.1) is 16.2 Å². The molecule has 2 heterocycles. The summed E-state index contributed by atoms with van der Waals surface area (Å²) in [4.78, 5) is 6.07. The number of rotatable bonds is 1. The van der Waals surface area contributed by atoms with E-state index in [-0.39, 0.29) is 11.2 Å². The molecule has 0 radical (unpaired) electrons. The van der Waals surface area contributed by atoms with E-state index in [1.165, 1.54) is 4.88 Å². The maximum absolute atomic E-state index is 6.10. The van der Waals surface area contributed by atoms with Gasteiger partial charge >= 0.3 is 0 Å². The highest BCUT2D eigenvalue weighted by molar-refractivity contribution is 9.10. The van der Waals surface area contributed by atoms with E-state index in [0.717, 1.165) is 20.7 Å². The van der Waals surface area contributed by atoms with Crippen LogP contribution in [0.15, 0.2) is 28.7 Å². The van der Waals surface area contributed by atoms with Crippen molar-refractivity contribution >= 4 is 27.3 Å². The molecule has 1 aromatic carbocycles. The minimum Gasteiger partial charge on any atom is -0.358 e. The lowest BCUT2D eigenvalue weighted by molar-refractivity contribution is -0.105. The van der Waals surface area contributed by atoms with Crippen LogP contribution < -0.4 is 0 Å². The number of aromatic nitrogens is 1. The van der Waals surface area contributed by atoms with Crippen molar-refractivity contribution in [2.75, 3.05) is 0 Å². The number of hydrogen-bond acceptors (Lipinski definition) is 3. The Kier molecular flexibility index (Phi) is 2.89. The molecule has 1 aliphatic rings. The van der Waals surface area contributed by atoms with Gasteiger partial charge < -0.3 is 4.74 Å². The predicted molar refractivity (Wildman–Crippen MR) is 82.4 cm³/mol. The molecule has 0 bridgehead atoms. The maximum atomic E-state index is 6.10. The molecule has 3 rings (SSSR count). The van der Waals surface area contributed by atoms with Gasteiger partial charge in [0.15, 0.2) is 0 Å². The Bertz CT molecular complexity index is 614. The van der Waals surface area contributed by atoms with E-state index in [1.54, 1.807) is 11.3 Å². The quantitative estimate of drug-likeness (QED) is 0.724. The molecule has 0 fully saturated rings. The largest absolute Gasteiger partial charge is 0.358 e. The van der Waals surface area contributed by atoms with Crippen LogP contribution in [-0.2, 0) is 15.9 Å². The van der Waals surface area contributed by atoms with Crippen molar-refractivity contribution in [3.05, 3.63) is 39.3 Å². The Labute approximate surface area is 126 Å². The van der Waals surface area contributed by atoms with E-state index in [1.807, 2.05) is 12.1 Å². The van der Waals surface area contributed by atoms with Crippen molar-refractivity contribution in [3.63, 3.8) is 0 Å². The molecule has 0 N–H and O–H groups in total. The minimum absolute atomic E-state index is 0.254. The van der Waals surface area contributed by atoms with Crippen LogP contribution in [0.4, 0.5) is 0 Å². The summed E-state index contributed by atoms with van der Waals surface area (Å²) in [6, 6.07) is 8.21. The number of ether oxygens (including phenoxy) is 1. The second-order valence-corrected chi connectivity index (χ2v) is 7.65. The lowest BCUT2D eigenvalue weighted by atomic mass is 10.0. The van der Waals surface area contributed by atoms with E-state index in [0.29, 0.717) is 0 Å². The fourth-order valence-electron chi connectivity index (χ4n) is 2.62. The molecule has 1 aliphatic heterocycles. The summed E-state index contributed by atoms with van der Waals surface area (Å²) in [6.07, 6.45) is 0. The summed E-state index contributed by atoms with van der Waals surface area (Å²) >= 11 is 5.33. The SMILES string of the molecule is CC1(C)OC(C)(C)c2sc(-c3ccccc3Br)nc21. The molecular weight excluding hydrogens is 322 g/mol. The van der Waals surface area contributed by atoms with Crippen molar-refractivity contribution in [1.82, 2.24) is 4.98 Å². The second kappa shape index (κ2) is 4.14. The highest BCUT2D eigenvalue weighted by atomic mass is 79.9. The van der Waals surface area contributed by atoms with Gasteiger partial charge in [0.1, 0.15) is 10.6 Å². The lowest BCUT2D eigenvalue weighted by Gasteiger charge is -2.24. The molecular formula is C15H16BrNOS. The first kappa shape index (κ1) is 13.3. The summed E-state index contributed by atoms with van der Waals surface area (Å²) < 4.78 is 7.19. The Balaban J connectivity index is 2.17. The number of nitrogens with zero attached hydrogens (tertiary/aromatic N) is 1. The van der Waals surface area contributed by atoms with Gasteiger partial charge in [-0.05, 0) is 33.8 Å². The first-order valence-corrected chi connectivity index (χ1v) is 7.89. The van der Waals surface area contributed by atoms with E-state index in [4.69, 9.17) is 9.72 Å². The summed E-state index contributed by atoms with van der Waals surface area (Å²) in [5, 5.41) is 1.06. The van der Waals surface area contributed by atoms with Crippen LogP contribution in [0, 0.1) is 0 Å². The smallest absolute Gasteiger partial charge is 0.125 e. The van der Waals surface area contributed by atoms with Crippen LogP contribution in [0.25, 0.3) is 10.6 Å². The van der Waals surface area contributed by atoms with Gasteiger partial charge in [-0.1, -0.05) is 34.1 Å². The zero-order chi connectivity index (χ0) is 13.8. The van der Waals surface area contributed by atoms with Crippen molar-refractivity contribution in [3.8, 4) is 10.6 Å². The highest BCUT2D eigenvalue weighted by Crippen LogP contribution is 2.50. The monoisotopic (exact) mass is 337 g/mol. The average Bonchev–Trinajstić information content (AvgIpc) is 2.80. The first-order valence-electron chi connectivity index (χ1n) is 6.28. The van der Waals surface area contributed by atoms with Gasteiger partial charge in [0.25, 0.3) is 0 Å². The van der Waals surface area contributed by atoms with E-state index in [9.17, 15) is 0 Å². The van der Waals surface area contributed by atoms with Crippen LogP contribution in [0.5, 0.6) is 0 Å². The molecule has 0 unspecified atom stereocenters. The summed E-state index contributed by atoms with van der Waals surface area (Å²) in [7, 11) is 0. The van der Waals surface area contributed by atoms with Gasteiger partial charge in [-0.15, -0.1) is 11.3 Å². The number of hydrogen-bond donors (Lipinski definition) is 0. The molecule has 0 amide bonds. The summed E-state index contributed by atoms with van der Waals surface area (Å²) in [5.41, 5.74) is 1.66. The molecule has 2 aromatic rings. The van der Waals surface area contributed by atoms with Crippen molar-refractivity contribution in [1.29, 1.82) is 0 Å². The molecule has 0 saturated heterocycles. The maximum Gasteiger partial charge on any atom is 0.125 e. The molecule has 0 spiro atoms. The van der Waals surface area contributed by atoms with Gasteiger partial charge in [-0.2, -0.15) is 0 Å². The fraction of sp³-hybridized carbons (Fsp3) is 0.400. The van der Waals surface area contributed by atoms with Crippen molar-refractivity contribution in [2.45, 2.75) is 38.9 Å². The summed E-state index contributed by atoms with van der Waals surface area (Å²) in [6.45, 7) is 8.40. The van der Waals surface area contributed by atoms with Crippen LogP contribution in [0.3, 0.4) is 0 Å². The van der Waals surface area contributed by atoms with Crippen LogP contribution >= 0.6 is 27.3 Å². The Hall–Kier alpha value is -0.710. The summed E-state index contributed by atoms with van der Waals surface area (Å²) in [5.74, 6) is 0. The van der Waals surface area contributed by atoms with Crippen LogP contribution in [0.1, 0.15) is 38.3 Å². The molecule has 0 atom stereocenters. The number of benzene rings is 1. The van der Waals surface area contributed by atoms with E-state index < -0.39 is 0 Å². The zero-order valence-corrected chi connectivity index (χ0v) is 13.9. The lowest BCUT2D eigenvalue weighted by Crippen LogP contribution is -2.23. The Morgan fingerprint density at radius 2 is 1.79 bits per heavy atom. The van der Waals surface area contributed by atoms with E-state index >= 15 is 0 Å². The normalized spacial score (nSPS) is 19.4. The predicted octanol–water partition coefficient (Wildman–Crippen LogP) is 5.07. The molecule has 19 heavy (non-hydrogen) atoms. The van der Waals surface area contributed by atoms with Crippen LogP contribution in [-0.4, -0.2) is 4.98 Å². The Morgan fingerprint density at radius 3 is 2.42 bits per heavy atom. The van der Waals surface area contributed by atoms with Gasteiger partial charge in [0.2, 0.25) is 0 Å². The average molecular weight is 338 g/mol. The molecule has 100 valence electrons. The molecule has 1 aromatic heterocycles. The molecule has 2 nitrogen and oxygen atoms in total. The van der Waals surface area contributed by atoms with Crippen molar-refractivity contribution < 1.29 is 4.74 Å². The standard InChI is InChI=1S/C15H16BrNOS/c1-14(2)11-12(15(3,4)18-14)19-13(17-11)9-7-5-6-8-10(9)16/h5-8H,1-4H3.